The van der Waals surface area contributed by atoms with E-state index in [0.29, 0.717) is 0 Å². The Morgan fingerprint density at radius 3 is 0.800 bits per heavy atom. The summed E-state index contributed by atoms with van der Waals surface area (Å²) >= 11 is -6.34. The van der Waals surface area contributed by atoms with Gasteiger partial charge in [0.2, 0.25) is 0 Å². The van der Waals surface area contributed by atoms with Crippen molar-refractivity contribution >= 4 is 0 Å². The van der Waals surface area contributed by atoms with Gasteiger partial charge >= 0.3 is 33.5 Å². The van der Waals surface area contributed by atoms with Crippen LogP contribution in [0.4, 0.5) is 0 Å². The van der Waals surface area contributed by atoms with Crippen molar-refractivity contribution in [1.82, 2.24) is 0 Å². The molecule has 0 atom stereocenters. The molecule has 0 radical (unpaired) electrons. The summed E-state index contributed by atoms with van der Waals surface area (Å²) in [4.78, 5) is 0. The minimum absolute atomic E-state index is 6.34. The van der Waals surface area contributed by atoms with Gasteiger partial charge in [-0.2, -0.15) is 0 Å². The van der Waals surface area contributed by atoms with E-state index in [4.69, 9.17) is 8.94 Å². The molecule has 0 aromatic carbocycles. The standard InChI is InChI=1S/4O.U. The molecule has 0 heterocycles. The predicted octanol–water partition coefficient (Wildman–Crippen LogP) is -0.475. The molecular weight excluding hydrogens is 302 g/mol. The zero-order chi connectivity index (χ0) is 4.50. The Kier molecular flexibility index (Phi) is 1.21. The first kappa shape index (κ1) is 5.25. The van der Waals surface area contributed by atoms with Crippen LogP contribution >= 0.6 is 0 Å². The van der Waals surface area contributed by atoms with Crippen LogP contribution < -0.4 is 0 Å². The van der Waals surface area contributed by atoms with Gasteiger partial charge in [-0.3, -0.25) is 0 Å². The second-order valence-electron chi connectivity index (χ2n) is 0.500. The molecule has 0 aliphatic carbocycles. The SMILES string of the molecule is [O]=[U](=[O])(=[O])=[O]. The van der Waals surface area contributed by atoms with Crippen LogP contribution in [0.2, 0.25) is 0 Å². The first-order chi connectivity index (χ1) is 2.00. The molecule has 5 heavy (non-hydrogen) atoms. The van der Waals surface area contributed by atoms with Crippen molar-refractivity contribution < 1.29 is 33.5 Å². The maximum atomic E-state index is 8.67. The van der Waals surface area contributed by atoms with E-state index in [-0.39, 0.29) is 0 Å². The van der Waals surface area contributed by atoms with Crippen molar-refractivity contribution in [3.05, 3.63) is 0 Å². The van der Waals surface area contributed by atoms with Gasteiger partial charge in [-0.05, 0) is 0 Å². The molecule has 28 valence electrons. The molecule has 0 aromatic rings. The number of rotatable bonds is 0. The van der Waals surface area contributed by atoms with E-state index < -0.39 is 24.5 Å². The molecule has 4 nitrogen and oxygen atoms in total. The first-order valence-corrected chi connectivity index (χ1v) is 7.62. The molecule has 0 aromatic heterocycles. The Bertz CT molecular complexity index is 155. The van der Waals surface area contributed by atoms with Crippen LogP contribution in [0.3, 0.4) is 0 Å². The summed E-state index contributed by atoms with van der Waals surface area (Å²) in [6.45, 7) is 0. The van der Waals surface area contributed by atoms with E-state index in [2.05, 4.69) is 0 Å². The Balaban J connectivity index is 6.05. The average molecular weight is 302 g/mol. The van der Waals surface area contributed by atoms with Gasteiger partial charge < -0.3 is 0 Å². The van der Waals surface area contributed by atoms with Gasteiger partial charge in [-0.15, -0.1) is 0 Å². The summed E-state index contributed by atoms with van der Waals surface area (Å²) in [6, 6.07) is 0. The normalized spacial score (nSPS) is 11.2. The molecule has 5 heteroatoms. The fraction of sp³-hybridized carbons (Fsp3) is 0. The van der Waals surface area contributed by atoms with Crippen LogP contribution in [-0.2, 0) is 8.94 Å². The van der Waals surface area contributed by atoms with Crippen LogP contribution in [-0.4, -0.2) is 0 Å². The Hall–Kier alpha value is 0.252. The zero-order valence-corrected chi connectivity index (χ0v) is 6.30. The van der Waals surface area contributed by atoms with Gasteiger partial charge in [0, 0.05) is 0 Å². The van der Waals surface area contributed by atoms with Crippen molar-refractivity contribution in [3.8, 4) is 0 Å². The molecule has 0 fully saturated rings. The molecule has 0 aliphatic rings. The van der Waals surface area contributed by atoms with E-state index in [0.717, 1.165) is 0 Å². The van der Waals surface area contributed by atoms with Crippen LogP contribution in [0.15, 0.2) is 0 Å². The third-order valence-electron chi connectivity index (χ3n) is 0. The van der Waals surface area contributed by atoms with Crippen LogP contribution in [0, 0.1) is 24.5 Å². The molecule has 0 N–H and O–H groups in total. The van der Waals surface area contributed by atoms with Crippen molar-refractivity contribution in [3.63, 3.8) is 0 Å². The molecule has 0 unspecified atom stereocenters. The topological polar surface area (TPSA) is 68.3 Å². The van der Waals surface area contributed by atoms with E-state index in [1.54, 1.807) is 0 Å². The average Bonchev–Trinajstić information content (AvgIpc) is 0.722. The van der Waals surface area contributed by atoms with Gasteiger partial charge in [0.1, 0.15) is 0 Å². The first-order valence-electron chi connectivity index (χ1n) is 0.816. The fourth-order valence-electron chi connectivity index (χ4n) is 0. The van der Waals surface area contributed by atoms with Crippen molar-refractivity contribution in [2.24, 2.45) is 0 Å². The maximum absolute atomic E-state index is 8.67. The summed E-state index contributed by atoms with van der Waals surface area (Å²) in [5.74, 6) is 0. The summed E-state index contributed by atoms with van der Waals surface area (Å²) in [5.41, 5.74) is 0. The second-order valence-corrected chi connectivity index (χ2v) is 4.66. The number of hydrogen-bond acceptors (Lipinski definition) is 4. The third-order valence-corrected chi connectivity index (χ3v) is 0. The van der Waals surface area contributed by atoms with Crippen molar-refractivity contribution in [2.75, 3.05) is 0 Å². The van der Waals surface area contributed by atoms with E-state index >= 15 is 0 Å². The molecule has 0 saturated carbocycles. The van der Waals surface area contributed by atoms with Crippen molar-refractivity contribution in [2.45, 2.75) is 0 Å². The van der Waals surface area contributed by atoms with Gasteiger partial charge in [0.05, 0.1) is 0 Å². The third kappa shape index (κ3) is 340. The van der Waals surface area contributed by atoms with Gasteiger partial charge in [0.15, 0.2) is 0 Å². The van der Waals surface area contributed by atoms with Crippen LogP contribution in [0.1, 0.15) is 0 Å². The van der Waals surface area contributed by atoms with E-state index in [1.165, 1.54) is 0 Å². The summed E-state index contributed by atoms with van der Waals surface area (Å²) in [6.07, 6.45) is 0. The Morgan fingerprint density at radius 2 is 0.800 bits per heavy atom. The summed E-state index contributed by atoms with van der Waals surface area (Å²) < 4.78 is 34.7. The van der Waals surface area contributed by atoms with Crippen LogP contribution in [0.25, 0.3) is 0 Å². The van der Waals surface area contributed by atoms with Gasteiger partial charge in [-0.25, -0.2) is 0 Å². The monoisotopic (exact) mass is 302 g/mol. The summed E-state index contributed by atoms with van der Waals surface area (Å²) in [5, 5.41) is 0. The summed E-state index contributed by atoms with van der Waals surface area (Å²) in [7, 11) is 0. The Morgan fingerprint density at radius 1 is 0.800 bits per heavy atom. The molecular formula is O4U. The van der Waals surface area contributed by atoms with Gasteiger partial charge in [0.25, 0.3) is 0 Å². The molecule has 0 saturated heterocycles. The van der Waals surface area contributed by atoms with E-state index in [1.807, 2.05) is 0 Å². The predicted molar refractivity (Wildman–Crippen MR) is 2.75 cm³/mol. The number of hydrogen-bond donors (Lipinski definition) is 0. The fourth-order valence-corrected chi connectivity index (χ4v) is 0. The second kappa shape index (κ2) is 1.15. The Labute approximate surface area is 33.6 Å². The quantitative estimate of drug-likeness (QED) is 0.606. The van der Waals surface area contributed by atoms with Crippen LogP contribution in [0.5, 0.6) is 0 Å². The van der Waals surface area contributed by atoms with Gasteiger partial charge in [-0.1, -0.05) is 0 Å². The molecule has 0 rings (SSSR count). The minimum atomic E-state index is -6.34. The molecule has 0 spiro atoms. The zero-order valence-electron chi connectivity index (χ0n) is 2.13. The van der Waals surface area contributed by atoms with Crippen molar-refractivity contribution in [1.29, 1.82) is 0 Å². The van der Waals surface area contributed by atoms with E-state index in [9.17, 15) is 0 Å². The molecule has 0 bridgehead atoms. The molecule has 0 aliphatic heterocycles. The molecule has 0 amide bonds.